The molecule has 0 aromatic rings. The monoisotopic (exact) mass is 273 g/mol. The van der Waals surface area contributed by atoms with Gasteiger partial charge in [-0.25, -0.2) is 0 Å². The van der Waals surface area contributed by atoms with Crippen LogP contribution in [0.25, 0.3) is 0 Å². The van der Waals surface area contributed by atoms with Crippen molar-refractivity contribution in [3.8, 4) is 0 Å². The van der Waals surface area contributed by atoms with E-state index in [4.69, 9.17) is 14.2 Å². The van der Waals surface area contributed by atoms with Gasteiger partial charge in [0.05, 0.1) is 13.0 Å². The van der Waals surface area contributed by atoms with Crippen LogP contribution < -0.4 is 0 Å². The highest BCUT2D eigenvalue weighted by Gasteiger charge is 2.25. The molecule has 1 aliphatic heterocycles. The van der Waals surface area contributed by atoms with Crippen molar-refractivity contribution >= 4 is 5.97 Å². The predicted octanol–water partition coefficient (Wildman–Crippen LogP) is 1.66. The average molecular weight is 273 g/mol. The van der Waals surface area contributed by atoms with Crippen molar-refractivity contribution in [2.24, 2.45) is 5.92 Å². The molecule has 112 valence electrons. The zero-order chi connectivity index (χ0) is 14.1. The van der Waals surface area contributed by atoms with Crippen LogP contribution in [0.3, 0.4) is 0 Å². The van der Waals surface area contributed by atoms with Gasteiger partial charge in [-0.2, -0.15) is 0 Å². The number of hydrogen-bond donors (Lipinski definition) is 0. The Kier molecular flexibility index (Phi) is 8.02. The Hall–Kier alpha value is -0.650. The molecule has 0 aliphatic carbocycles. The third-order valence-corrected chi connectivity index (χ3v) is 3.51. The van der Waals surface area contributed by atoms with Gasteiger partial charge in [-0.15, -0.1) is 0 Å². The van der Waals surface area contributed by atoms with E-state index in [1.54, 1.807) is 0 Å². The van der Waals surface area contributed by atoms with Crippen LogP contribution in [0.2, 0.25) is 0 Å². The van der Waals surface area contributed by atoms with Crippen LogP contribution >= 0.6 is 0 Å². The number of likely N-dealkylation sites (tertiary alicyclic amines) is 1. The van der Waals surface area contributed by atoms with Gasteiger partial charge in [0.25, 0.3) is 0 Å². The molecule has 0 amide bonds. The van der Waals surface area contributed by atoms with E-state index in [1.165, 1.54) is 7.11 Å². The summed E-state index contributed by atoms with van der Waals surface area (Å²) in [6.45, 7) is 8.17. The summed E-state index contributed by atoms with van der Waals surface area (Å²) >= 11 is 0. The molecule has 0 atom stereocenters. The molecule has 1 fully saturated rings. The van der Waals surface area contributed by atoms with Gasteiger partial charge in [-0.05, 0) is 39.8 Å². The van der Waals surface area contributed by atoms with Crippen LogP contribution in [0.1, 0.15) is 33.1 Å². The lowest BCUT2D eigenvalue weighted by Gasteiger charge is -2.31. The van der Waals surface area contributed by atoms with Gasteiger partial charge in [0.15, 0.2) is 6.29 Å². The second kappa shape index (κ2) is 9.28. The van der Waals surface area contributed by atoms with Gasteiger partial charge in [0.2, 0.25) is 0 Å². The van der Waals surface area contributed by atoms with Crippen molar-refractivity contribution in [1.29, 1.82) is 0 Å². The van der Waals surface area contributed by atoms with Gasteiger partial charge >= 0.3 is 5.97 Å². The largest absolute Gasteiger partial charge is 0.469 e. The number of ether oxygens (including phenoxy) is 3. The van der Waals surface area contributed by atoms with Crippen LogP contribution in [0.4, 0.5) is 0 Å². The zero-order valence-corrected chi connectivity index (χ0v) is 12.4. The number of methoxy groups -OCH3 is 1. The lowest BCUT2D eigenvalue weighted by atomic mass is 9.97. The van der Waals surface area contributed by atoms with Crippen LogP contribution in [0.15, 0.2) is 0 Å². The number of esters is 1. The Morgan fingerprint density at radius 3 is 2.26 bits per heavy atom. The number of rotatable bonds is 8. The molecule has 5 nitrogen and oxygen atoms in total. The third-order valence-electron chi connectivity index (χ3n) is 3.51. The quantitative estimate of drug-likeness (QED) is 0.497. The first-order valence-corrected chi connectivity index (χ1v) is 7.24. The van der Waals surface area contributed by atoms with Gasteiger partial charge in [0.1, 0.15) is 0 Å². The summed E-state index contributed by atoms with van der Waals surface area (Å²) in [5.74, 6) is 0.0111. The molecule has 1 heterocycles. The lowest BCUT2D eigenvalue weighted by molar-refractivity contribution is -0.148. The van der Waals surface area contributed by atoms with Crippen molar-refractivity contribution in [3.05, 3.63) is 0 Å². The van der Waals surface area contributed by atoms with E-state index >= 15 is 0 Å². The summed E-state index contributed by atoms with van der Waals surface area (Å²) in [5, 5.41) is 0. The summed E-state index contributed by atoms with van der Waals surface area (Å²) in [6, 6.07) is 0. The SMILES string of the molecule is CCOC(CCN1CCC(C(=O)OC)CC1)OCC. The molecule has 1 rings (SSSR count). The lowest BCUT2D eigenvalue weighted by Crippen LogP contribution is -2.38. The Morgan fingerprint density at radius 2 is 1.79 bits per heavy atom. The number of nitrogens with zero attached hydrogens (tertiary/aromatic N) is 1. The molecule has 0 aromatic heterocycles. The molecule has 0 spiro atoms. The van der Waals surface area contributed by atoms with Crippen LogP contribution in [0, 0.1) is 5.92 Å². The highest BCUT2D eigenvalue weighted by molar-refractivity contribution is 5.72. The second-order valence-electron chi connectivity index (χ2n) is 4.77. The minimum absolute atomic E-state index is 0.0684. The topological polar surface area (TPSA) is 48.0 Å². The highest BCUT2D eigenvalue weighted by atomic mass is 16.7. The minimum atomic E-state index is -0.103. The zero-order valence-electron chi connectivity index (χ0n) is 12.4. The fourth-order valence-corrected chi connectivity index (χ4v) is 2.43. The van der Waals surface area contributed by atoms with E-state index in [0.717, 1.165) is 38.9 Å². The summed E-state index contributed by atoms with van der Waals surface area (Å²) in [7, 11) is 1.46. The Morgan fingerprint density at radius 1 is 1.21 bits per heavy atom. The second-order valence-corrected chi connectivity index (χ2v) is 4.77. The van der Waals surface area contributed by atoms with Crippen molar-refractivity contribution in [3.63, 3.8) is 0 Å². The first-order valence-electron chi connectivity index (χ1n) is 7.24. The smallest absolute Gasteiger partial charge is 0.308 e. The van der Waals surface area contributed by atoms with E-state index in [9.17, 15) is 4.79 Å². The molecule has 1 aliphatic rings. The molecular weight excluding hydrogens is 246 g/mol. The highest BCUT2D eigenvalue weighted by Crippen LogP contribution is 2.19. The maximum Gasteiger partial charge on any atom is 0.308 e. The first-order chi connectivity index (χ1) is 9.21. The number of piperidine rings is 1. The van der Waals surface area contributed by atoms with Crippen LogP contribution in [-0.2, 0) is 19.0 Å². The van der Waals surface area contributed by atoms with E-state index < -0.39 is 0 Å². The molecule has 1 saturated heterocycles. The Labute approximate surface area is 116 Å². The van der Waals surface area contributed by atoms with Crippen molar-refractivity contribution < 1.29 is 19.0 Å². The summed E-state index contributed by atoms with van der Waals surface area (Å²) in [6.07, 6.45) is 2.56. The molecule has 0 bridgehead atoms. The van der Waals surface area contributed by atoms with Gasteiger partial charge in [-0.3, -0.25) is 4.79 Å². The molecule has 5 heteroatoms. The van der Waals surface area contributed by atoms with Crippen molar-refractivity contribution in [2.75, 3.05) is 40.0 Å². The molecule has 0 N–H and O–H groups in total. The van der Waals surface area contributed by atoms with E-state index in [-0.39, 0.29) is 18.2 Å². The molecule has 0 unspecified atom stereocenters. The standard InChI is InChI=1S/C14H27NO4/c1-4-18-13(19-5-2)8-11-15-9-6-12(7-10-15)14(16)17-3/h12-13H,4-11H2,1-3H3. The van der Waals surface area contributed by atoms with E-state index in [2.05, 4.69) is 4.90 Å². The molecule has 19 heavy (non-hydrogen) atoms. The van der Waals surface area contributed by atoms with Crippen LogP contribution in [-0.4, -0.2) is 57.1 Å². The molecule has 0 saturated carbocycles. The van der Waals surface area contributed by atoms with Crippen molar-refractivity contribution in [1.82, 2.24) is 4.90 Å². The van der Waals surface area contributed by atoms with Gasteiger partial charge in [-0.1, -0.05) is 0 Å². The average Bonchev–Trinajstić information content (AvgIpc) is 2.45. The maximum atomic E-state index is 11.4. The fraction of sp³-hybridized carbons (Fsp3) is 0.929. The summed E-state index contributed by atoms with van der Waals surface area (Å²) < 4.78 is 15.8. The number of hydrogen-bond acceptors (Lipinski definition) is 5. The predicted molar refractivity (Wildman–Crippen MR) is 72.8 cm³/mol. The van der Waals surface area contributed by atoms with Gasteiger partial charge < -0.3 is 19.1 Å². The maximum absolute atomic E-state index is 11.4. The molecular formula is C14H27NO4. The van der Waals surface area contributed by atoms with Gasteiger partial charge in [0, 0.05) is 26.2 Å². The molecule has 0 radical (unpaired) electrons. The third kappa shape index (κ3) is 5.89. The summed E-state index contributed by atoms with van der Waals surface area (Å²) in [4.78, 5) is 13.8. The normalized spacial score (nSPS) is 17.9. The summed E-state index contributed by atoms with van der Waals surface area (Å²) in [5.41, 5.74) is 0. The number of carbonyl (C=O) groups is 1. The van der Waals surface area contributed by atoms with Crippen molar-refractivity contribution in [2.45, 2.75) is 39.4 Å². The first kappa shape index (κ1) is 16.4. The van der Waals surface area contributed by atoms with Crippen LogP contribution in [0.5, 0.6) is 0 Å². The minimum Gasteiger partial charge on any atom is -0.469 e. The van der Waals surface area contributed by atoms with E-state index in [0.29, 0.717) is 13.2 Å². The Bertz CT molecular complexity index is 246. The van der Waals surface area contributed by atoms with E-state index in [1.807, 2.05) is 13.8 Å². The molecule has 0 aromatic carbocycles. The number of carbonyl (C=O) groups excluding carboxylic acids is 1. The Balaban J connectivity index is 2.22. The fourth-order valence-electron chi connectivity index (χ4n) is 2.43.